The number of carbonyl (C=O) groups is 2. The number of rotatable bonds is 7. The van der Waals surface area contributed by atoms with Crippen molar-refractivity contribution in [1.29, 1.82) is 0 Å². The molecule has 1 aromatic carbocycles. The van der Waals surface area contributed by atoms with Gasteiger partial charge in [0.15, 0.2) is 5.75 Å². The van der Waals surface area contributed by atoms with Gasteiger partial charge in [0, 0.05) is 11.8 Å². The van der Waals surface area contributed by atoms with E-state index < -0.39 is 23.0 Å². The Bertz CT molecular complexity index is 862. The van der Waals surface area contributed by atoms with Crippen LogP contribution in [0.4, 0.5) is 10.5 Å². The molecule has 0 saturated heterocycles. The van der Waals surface area contributed by atoms with Gasteiger partial charge in [-0.25, -0.2) is 9.59 Å². The molecule has 1 atom stereocenters. The first-order valence-electron chi connectivity index (χ1n) is 9.03. The van der Waals surface area contributed by atoms with Crippen molar-refractivity contribution in [3.8, 4) is 11.5 Å². The molecule has 2 N–H and O–H groups in total. The Morgan fingerprint density at radius 2 is 1.83 bits per heavy atom. The fourth-order valence-corrected chi connectivity index (χ4v) is 3.06. The minimum absolute atomic E-state index is 0.0547. The Morgan fingerprint density at radius 3 is 2.31 bits per heavy atom. The van der Waals surface area contributed by atoms with Crippen LogP contribution >= 0.6 is 0 Å². The first-order valence-corrected chi connectivity index (χ1v) is 9.03. The summed E-state index contributed by atoms with van der Waals surface area (Å²) in [4.78, 5) is 36.0. The van der Waals surface area contributed by atoms with Gasteiger partial charge in [-0.1, -0.05) is 13.8 Å². The van der Waals surface area contributed by atoms with E-state index in [1.165, 1.54) is 26.4 Å². The molecule has 0 spiro atoms. The second kappa shape index (κ2) is 8.80. The van der Waals surface area contributed by atoms with Crippen molar-refractivity contribution >= 4 is 17.7 Å². The van der Waals surface area contributed by atoms with E-state index in [9.17, 15) is 19.7 Å². The van der Waals surface area contributed by atoms with Gasteiger partial charge >= 0.3 is 17.7 Å². The summed E-state index contributed by atoms with van der Waals surface area (Å²) in [5, 5.41) is 16.8. The highest BCUT2D eigenvalue weighted by Crippen LogP contribution is 2.41. The number of hydrogen-bond donors (Lipinski definition) is 2. The molecule has 158 valence electrons. The van der Waals surface area contributed by atoms with E-state index >= 15 is 0 Å². The number of benzene rings is 1. The zero-order valence-electron chi connectivity index (χ0n) is 17.2. The second-order valence-corrected chi connectivity index (χ2v) is 7.00. The third-order valence-corrected chi connectivity index (χ3v) is 4.25. The van der Waals surface area contributed by atoms with Crippen molar-refractivity contribution in [2.24, 2.45) is 5.92 Å². The van der Waals surface area contributed by atoms with Gasteiger partial charge in [-0.15, -0.1) is 0 Å². The molecule has 1 aliphatic heterocycles. The maximum atomic E-state index is 12.8. The molecule has 10 nitrogen and oxygen atoms in total. The number of urea groups is 1. The van der Waals surface area contributed by atoms with E-state index in [4.69, 9.17) is 14.2 Å². The van der Waals surface area contributed by atoms with Crippen molar-refractivity contribution in [1.82, 2.24) is 10.6 Å². The maximum absolute atomic E-state index is 12.8. The summed E-state index contributed by atoms with van der Waals surface area (Å²) in [6, 6.07) is 1.24. The van der Waals surface area contributed by atoms with Crippen LogP contribution < -0.4 is 20.1 Å². The lowest BCUT2D eigenvalue weighted by atomic mass is 9.91. The molecule has 0 aromatic heterocycles. The summed E-state index contributed by atoms with van der Waals surface area (Å²) in [6.45, 7) is 7.05. The average Bonchev–Trinajstić information content (AvgIpc) is 2.65. The SMILES string of the molecule is COc1cc(C2NC(=O)NC(C(C)C)=C2C(=O)OC(C)C)cc([N+](=O)[O-])c1OC. The van der Waals surface area contributed by atoms with Crippen molar-refractivity contribution in [2.75, 3.05) is 14.2 Å². The maximum Gasteiger partial charge on any atom is 0.338 e. The van der Waals surface area contributed by atoms with Gasteiger partial charge in [0.1, 0.15) is 0 Å². The zero-order chi connectivity index (χ0) is 21.9. The number of amides is 2. The Morgan fingerprint density at radius 1 is 1.17 bits per heavy atom. The third-order valence-electron chi connectivity index (χ3n) is 4.25. The number of allylic oxidation sites excluding steroid dienone is 1. The number of nitrogens with one attached hydrogen (secondary N) is 2. The van der Waals surface area contributed by atoms with Gasteiger partial charge in [-0.2, -0.15) is 0 Å². The molecule has 1 unspecified atom stereocenters. The quantitative estimate of drug-likeness (QED) is 0.404. The monoisotopic (exact) mass is 407 g/mol. The largest absolute Gasteiger partial charge is 0.493 e. The number of ether oxygens (including phenoxy) is 3. The summed E-state index contributed by atoms with van der Waals surface area (Å²) < 4.78 is 15.7. The average molecular weight is 407 g/mol. The highest BCUT2D eigenvalue weighted by molar-refractivity contribution is 5.95. The van der Waals surface area contributed by atoms with Gasteiger partial charge < -0.3 is 24.8 Å². The van der Waals surface area contributed by atoms with E-state index in [2.05, 4.69) is 10.6 Å². The minimum Gasteiger partial charge on any atom is -0.493 e. The van der Waals surface area contributed by atoms with Crippen LogP contribution in [0.5, 0.6) is 11.5 Å². The van der Waals surface area contributed by atoms with E-state index in [1.54, 1.807) is 13.8 Å². The number of esters is 1. The van der Waals surface area contributed by atoms with E-state index in [0.717, 1.165) is 0 Å². The van der Waals surface area contributed by atoms with Crippen LogP contribution in [0.2, 0.25) is 0 Å². The lowest BCUT2D eigenvalue weighted by Crippen LogP contribution is -2.47. The molecule has 1 aromatic rings. The van der Waals surface area contributed by atoms with E-state index in [0.29, 0.717) is 5.70 Å². The summed E-state index contributed by atoms with van der Waals surface area (Å²) in [5.41, 5.74) is 0.506. The van der Waals surface area contributed by atoms with Crippen molar-refractivity contribution in [2.45, 2.75) is 39.8 Å². The summed E-state index contributed by atoms with van der Waals surface area (Å²) >= 11 is 0. The standard InChI is InChI=1S/C19H25N3O7/c1-9(2)15-14(18(23)29-10(3)4)16(21-19(24)20-15)11-7-12(22(25)26)17(28-6)13(8-11)27-5/h7-10,16H,1-6H3,(H2,20,21,24). The summed E-state index contributed by atoms with van der Waals surface area (Å²) in [6.07, 6.45) is -0.388. The first-order chi connectivity index (χ1) is 13.6. The molecule has 0 fully saturated rings. The molecule has 0 radical (unpaired) electrons. The van der Waals surface area contributed by atoms with Crippen LogP contribution in [0.25, 0.3) is 0 Å². The molecule has 2 amide bonds. The lowest BCUT2D eigenvalue weighted by molar-refractivity contribution is -0.385. The van der Waals surface area contributed by atoms with Crippen LogP contribution in [0.15, 0.2) is 23.4 Å². The van der Waals surface area contributed by atoms with Gasteiger partial charge in [0.2, 0.25) is 5.75 Å². The Labute approximate surface area is 168 Å². The topological polar surface area (TPSA) is 129 Å². The number of carbonyl (C=O) groups excluding carboxylic acids is 2. The molecule has 0 aliphatic carbocycles. The molecule has 1 heterocycles. The summed E-state index contributed by atoms with van der Waals surface area (Å²) in [5.74, 6) is -0.778. The highest BCUT2D eigenvalue weighted by Gasteiger charge is 2.37. The molecule has 10 heteroatoms. The number of hydrogen-bond acceptors (Lipinski definition) is 7. The van der Waals surface area contributed by atoms with Crippen LogP contribution in [-0.2, 0) is 9.53 Å². The number of nitrogens with zero attached hydrogens (tertiary/aromatic N) is 1. The molecular weight excluding hydrogens is 382 g/mol. The Hall–Kier alpha value is -3.30. The van der Waals surface area contributed by atoms with Crippen LogP contribution in [0, 0.1) is 16.0 Å². The van der Waals surface area contributed by atoms with Gasteiger partial charge in [0.25, 0.3) is 0 Å². The smallest absolute Gasteiger partial charge is 0.338 e. The van der Waals surface area contributed by atoms with Crippen LogP contribution in [-0.4, -0.2) is 37.2 Å². The van der Waals surface area contributed by atoms with Crippen molar-refractivity contribution in [3.05, 3.63) is 39.1 Å². The van der Waals surface area contributed by atoms with Crippen molar-refractivity contribution in [3.63, 3.8) is 0 Å². The van der Waals surface area contributed by atoms with Gasteiger partial charge in [-0.05, 0) is 31.4 Å². The fraction of sp³-hybridized carbons (Fsp3) is 0.474. The fourth-order valence-electron chi connectivity index (χ4n) is 3.06. The molecule has 29 heavy (non-hydrogen) atoms. The molecule has 0 bridgehead atoms. The normalized spacial score (nSPS) is 16.4. The van der Waals surface area contributed by atoms with E-state index in [1.807, 2.05) is 13.8 Å². The number of nitro groups is 1. The predicted molar refractivity (Wildman–Crippen MR) is 104 cm³/mol. The van der Waals surface area contributed by atoms with E-state index in [-0.39, 0.29) is 40.3 Å². The molecular formula is C19H25N3O7. The molecule has 1 aliphatic rings. The Balaban J connectivity index is 2.73. The third kappa shape index (κ3) is 4.58. The minimum atomic E-state index is -0.967. The predicted octanol–water partition coefficient (Wildman–Crippen LogP) is 2.83. The van der Waals surface area contributed by atoms with Gasteiger partial charge in [0.05, 0.1) is 36.9 Å². The second-order valence-electron chi connectivity index (χ2n) is 7.00. The molecule has 2 rings (SSSR count). The number of nitro benzene ring substituents is 1. The number of methoxy groups -OCH3 is 2. The van der Waals surface area contributed by atoms with Crippen LogP contribution in [0.1, 0.15) is 39.3 Å². The summed E-state index contributed by atoms with van der Waals surface area (Å²) in [7, 11) is 2.63. The molecule has 0 saturated carbocycles. The zero-order valence-corrected chi connectivity index (χ0v) is 17.2. The first kappa shape index (κ1) is 22.0. The Kier molecular flexibility index (Phi) is 6.68. The highest BCUT2D eigenvalue weighted by atomic mass is 16.6. The van der Waals surface area contributed by atoms with Crippen molar-refractivity contribution < 1.29 is 28.7 Å². The van der Waals surface area contributed by atoms with Gasteiger partial charge in [-0.3, -0.25) is 10.1 Å². The van der Waals surface area contributed by atoms with Crippen LogP contribution in [0.3, 0.4) is 0 Å². The lowest BCUT2D eigenvalue weighted by Gasteiger charge is -2.31.